The molecule has 41 nitrogen and oxygen atoms in total. The minimum absolute atomic E-state index is 0.0520. The van der Waals surface area contributed by atoms with Gasteiger partial charge in [0, 0.05) is 124 Å². The summed E-state index contributed by atoms with van der Waals surface area (Å²) < 4.78 is 27.9. The van der Waals surface area contributed by atoms with Crippen LogP contribution in [-0.2, 0) is 76.5 Å². The van der Waals surface area contributed by atoms with E-state index in [1.54, 1.807) is 35.5 Å². The van der Waals surface area contributed by atoms with E-state index in [4.69, 9.17) is 46.6 Å². The van der Waals surface area contributed by atoms with E-state index in [9.17, 15) is 19.8 Å². The fourth-order valence-corrected chi connectivity index (χ4v) is 16.2. The monoisotopic (exact) mass is 1860 g/mol. The molecule has 0 spiro atoms. The first-order valence-corrected chi connectivity index (χ1v) is 46.8. The number of methoxy groups -OCH3 is 5. The number of aromatic nitrogens is 24. The van der Waals surface area contributed by atoms with Crippen LogP contribution in [0.4, 0.5) is 47.1 Å². The molecule has 4 aromatic carbocycles. The lowest BCUT2D eigenvalue weighted by molar-refractivity contribution is -0.138. The average Bonchev–Trinajstić information content (AvgIpc) is 1.58. The van der Waals surface area contributed by atoms with E-state index < -0.39 is 17.4 Å². The standard InChI is InChI=1S/C25H36N8O4.C25H36N8O3S.C21H28N8O.C21H30N8O/c1-4-5-6-18(11-12-36-2)27-24-19(20(8-10-23(34)35)28-25(26)29-24)15-17-13-16(7-9-21(17)37-3)14-22-30-32-33-31-22;1-4-5-6-18(11-12-37-3)27-24-19(20(8-10-23(34)35)28-25(26)29-24)15-17-13-16(7-9-21(17)36-2)14-22-30-32-33-31-22;1-4-5-10-23-18-16(13(2)24-20(22)25-18)12-14-11-15(6-7-17(14)30-3)21(8-9-21)19-26-28-29-27-19;1-6-7-10-23-18-16(13(2)24-20(22)25-18)12-14-11-15(8-9-17(14)30-5)21(3,4)19-26-28-29-27-19/h2*7,9,13,18H,4-6,8,10-12,14-15H2,1-3H3,(H,34,35)(H3,26,27,28,29)(H,30,31,32,33);6-7,11H,4-5,8-10,12H2,1-3H3,(H3,22,23,24,25)(H,26,27,28,29);8-9,11H,6-7,10,12H2,1-5H3,(H3,22,23,24,25)(H,26,27,28,29)/t2*18-;;/m00../s1. The Hall–Kier alpha value is -13.7. The summed E-state index contributed by atoms with van der Waals surface area (Å²) in [6.45, 7) is 19.0. The van der Waals surface area contributed by atoms with Gasteiger partial charge in [0.1, 0.15) is 46.3 Å². The van der Waals surface area contributed by atoms with Crippen LogP contribution in [0.1, 0.15) is 257 Å². The van der Waals surface area contributed by atoms with Crippen molar-refractivity contribution in [3.05, 3.63) is 186 Å². The van der Waals surface area contributed by atoms with E-state index in [1.807, 2.05) is 80.2 Å². The number of nitrogens with zero attached hydrogens (tertiary/aromatic N) is 20. The van der Waals surface area contributed by atoms with Gasteiger partial charge in [-0.05, 0) is 160 Å². The normalized spacial score (nSPS) is 12.4. The maximum absolute atomic E-state index is 11.4. The number of nitrogens with two attached hydrogens (primary N) is 4. The van der Waals surface area contributed by atoms with Gasteiger partial charge in [0.15, 0.2) is 23.3 Å². The minimum Gasteiger partial charge on any atom is -0.496 e. The van der Waals surface area contributed by atoms with Gasteiger partial charge in [-0.25, -0.2) is 19.9 Å². The number of aryl methyl sites for hydroxylation is 4. The molecule has 1 aliphatic rings. The Balaban J connectivity index is 0.000000186. The molecule has 134 heavy (non-hydrogen) atoms. The minimum atomic E-state index is -0.904. The zero-order chi connectivity index (χ0) is 96.1. The van der Waals surface area contributed by atoms with Crippen LogP contribution < -0.4 is 63.1 Å². The number of tetrazole rings is 4. The third kappa shape index (κ3) is 29.4. The second-order valence-corrected chi connectivity index (χ2v) is 34.3. The van der Waals surface area contributed by atoms with E-state index in [0.29, 0.717) is 97.1 Å². The second-order valence-electron chi connectivity index (χ2n) is 33.3. The van der Waals surface area contributed by atoms with Crippen LogP contribution in [0.3, 0.4) is 0 Å². The van der Waals surface area contributed by atoms with Crippen LogP contribution in [-0.4, -0.2) is 224 Å². The molecule has 0 saturated heterocycles. The molecular weight excluding hydrogens is 1730 g/mol. The Morgan fingerprint density at radius 2 is 0.896 bits per heavy atom. The quantitative estimate of drug-likeness (QED) is 0.0157. The molecule has 12 aromatic rings. The topological polar surface area (TPSA) is 594 Å². The highest BCUT2D eigenvalue weighted by Gasteiger charge is 2.50. The Labute approximate surface area is 785 Å². The van der Waals surface area contributed by atoms with Crippen molar-refractivity contribution in [2.75, 3.05) is 111 Å². The highest BCUT2D eigenvalue weighted by Crippen LogP contribution is 2.53. The zero-order valence-electron chi connectivity index (χ0n) is 79.3. The van der Waals surface area contributed by atoms with E-state index in [2.05, 4.69) is 210 Å². The van der Waals surface area contributed by atoms with Gasteiger partial charge in [0.2, 0.25) is 23.8 Å². The number of carboxylic acids is 2. The van der Waals surface area contributed by atoms with Crippen molar-refractivity contribution in [1.82, 2.24) is 122 Å². The fourth-order valence-electron chi connectivity index (χ4n) is 15.7. The lowest BCUT2D eigenvalue weighted by atomic mass is 9.82. The SMILES string of the molecule is CCCCNc1nc(N)nc(C)c1Cc1cc(C(C)(C)c2nn[nH]n2)ccc1OC.CCCCNc1nc(N)nc(C)c1Cc1cc(C2(c3nn[nH]n3)CC2)ccc1OC.CCCC[C@@H](CCOC)Nc1nc(N)nc(CCC(=O)O)c1Cc1cc(Cc2nn[nH]n2)ccc1OC.CCCC[C@@H](CCSC)Nc1nc(N)nc(CCC(=O)O)c1Cc1cc(Cc2nn[nH]n2)ccc1OC. The molecule has 0 unspecified atom stereocenters. The van der Waals surface area contributed by atoms with Gasteiger partial charge >= 0.3 is 11.9 Å². The number of anilines is 8. The molecule has 718 valence electrons. The molecule has 0 radical (unpaired) electrons. The number of hydrogen-bond donors (Lipinski definition) is 14. The largest absolute Gasteiger partial charge is 0.496 e. The maximum Gasteiger partial charge on any atom is 0.303 e. The Morgan fingerprint density at radius 3 is 1.31 bits per heavy atom. The number of aliphatic carboxylic acids is 2. The van der Waals surface area contributed by atoms with E-state index in [0.717, 1.165) is 210 Å². The first-order valence-electron chi connectivity index (χ1n) is 45.4. The van der Waals surface area contributed by atoms with Gasteiger partial charge in [0.05, 0.1) is 63.5 Å². The number of H-pyrrole nitrogens is 4. The average molecular weight is 1860 g/mol. The molecule has 2 atom stereocenters. The van der Waals surface area contributed by atoms with Gasteiger partial charge < -0.3 is 78.1 Å². The molecule has 0 aliphatic heterocycles. The van der Waals surface area contributed by atoms with Crippen LogP contribution in [0.5, 0.6) is 23.0 Å². The number of carbonyl (C=O) groups is 2. The molecular formula is C92H130N32O9S. The van der Waals surface area contributed by atoms with Crippen LogP contribution >= 0.6 is 11.8 Å². The number of aromatic amines is 4. The Kier molecular flexibility index (Phi) is 39.3. The van der Waals surface area contributed by atoms with Crippen LogP contribution in [0.25, 0.3) is 0 Å². The number of nitrogen functional groups attached to an aromatic ring is 4. The number of hydrogen-bond acceptors (Lipinski definition) is 36. The summed E-state index contributed by atoms with van der Waals surface area (Å²) >= 11 is 1.81. The van der Waals surface area contributed by atoms with Crippen molar-refractivity contribution in [2.24, 2.45) is 0 Å². The molecule has 0 amide bonds. The maximum atomic E-state index is 11.4. The summed E-state index contributed by atoms with van der Waals surface area (Å²) in [7, 11) is 8.30. The van der Waals surface area contributed by atoms with Crippen LogP contribution in [0, 0.1) is 13.8 Å². The number of rotatable bonds is 50. The number of unbranched alkanes of at least 4 members (excludes halogenated alkanes) is 4. The van der Waals surface area contributed by atoms with E-state index in [1.165, 1.54) is 5.56 Å². The summed E-state index contributed by atoms with van der Waals surface area (Å²) in [4.78, 5) is 58.5. The summed E-state index contributed by atoms with van der Waals surface area (Å²) in [5, 5.41) is 90.5. The number of benzene rings is 4. The molecule has 18 N–H and O–H groups in total. The summed E-state index contributed by atoms with van der Waals surface area (Å²) in [6, 6.07) is 24.6. The van der Waals surface area contributed by atoms with Crippen molar-refractivity contribution < 1.29 is 43.5 Å². The first-order chi connectivity index (χ1) is 64.8. The molecule has 1 saturated carbocycles. The van der Waals surface area contributed by atoms with Gasteiger partial charge in [-0.15, -0.1) is 40.8 Å². The highest BCUT2D eigenvalue weighted by atomic mass is 32.2. The molecule has 42 heteroatoms. The van der Waals surface area contributed by atoms with E-state index >= 15 is 0 Å². The third-order valence-electron chi connectivity index (χ3n) is 23.2. The summed E-state index contributed by atoms with van der Waals surface area (Å²) in [5.74, 6) is 8.43. The van der Waals surface area contributed by atoms with Gasteiger partial charge in [-0.2, -0.15) is 52.6 Å². The van der Waals surface area contributed by atoms with Crippen molar-refractivity contribution in [2.45, 2.75) is 232 Å². The third-order valence-corrected chi connectivity index (χ3v) is 23.9. The first kappa shape index (κ1) is 102. The highest BCUT2D eigenvalue weighted by molar-refractivity contribution is 7.98. The number of carboxylic acid groups (broad SMARTS) is 2. The van der Waals surface area contributed by atoms with Gasteiger partial charge in [0.25, 0.3) is 0 Å². The molecule has 0 bridgehead atoms. The number of ether oxygens (including phenoxy) is 5. The van der Waals surface area contributed by atoms with Crippen molar-refractivity contribution in [3.8, 4) is 23.0 Å². The lowest BCUT2D eigenvalue weighted by Gasteiger charge is -2.23. The lowest BCUT2D eigenvalue weighted by Crippen LogP contribution is -2.24. The predicted molar refractivity (Wildman–Crippen MR) is 515 cm³/mol. The van der Waals surface area contributed by atoms with Crippen LogP contribution in [0.15, 0.2) is 72.8 Å². The molecule has 1 fully saturated rings. The Morgan fingerprint density at radius 1 is 0.478 bits per heavy atom. The van der Waals surface area contributed by atoms with E-state index in [-0.39, 0.29) is 67.0 Å². The van der Waals surface area contributed by atoms with Gasteiger partial charge in [-0.1, -0.05) is 136 Å². The summed E-state index contributed by atoms with van der Waals surface area (Å²) in [5.41, 5.74) is 38.2. The van der Waals surface area contributed by atoms with Crippen molar-refractivity contribution >= 4 is 70.8 Å². The van der Waals surface area contributed by atoms with Crippen molar-refractivity contribution in [3.63, 3.8) is 0 Å². The van der Waals surface area contributed by atoms with Gasteiger partial charge in [-0.3, -0.25) is 9.59 Å². The zero-order valence-corrected chi connectivity index (χ0v) is 80.1. The molecule has 8 aromatic heterocycles. The number of thioether (sulfide) groups is 1. The number of nitrogens with one attached hydrogen (secondary N) is 8. The predicted octanol–water partition coefficient (Wildman–Crippen LogP) is 12.1. The molecule has 8 heterocycles. The van der Waals surface area contributed by atoms with Crippen molar-refractivity contribution in [1.29, 1.82) is 0 Å². The summed E-state index contributed by atoms with van der Waals surface area (Å²) in [6.07, 6.45) is 20.0. The second kappa shape index (κ2) is 51.4. The smallest absolute Gasteiger partial charge is 0.303 e. The Bertz CT molecular complexity index is 5310. The van der Waals surface area contributed by atoms with Crippen LogP contribution in [0.2, 0.25) is 0 Å². The fraction of sp³-hybridized carbons (Fsp3) is 0.500. The molecule has 13 rings (SSSR count). The molecule has 1 aliphatic carbocycles.